The van der Waals surface area contributed by atoms with Crippen LogP contribution in [-0.2, 0) is 6.61 Å². The van der Waals surface area contributed by atoms with E-state index in [0.717, 1.165) is 16.5 Å². The van der Waals surface area contributed by atoms with Crippen LogP contribution in [0.5, 0.6) is 5.88 Å². The van der Waals surface area contributed by atoms with Crippen LogP contribution in [0.2, 0.25) is 0 Å². The second-order valence-corrected chi connectivity index (χ2v) is 4.99. The SMILES string of the molecule is c1ccc(-c2nc(COc3ncnc4ccccc34)co2)cc1. The van der Waals surface area contributed by atoms with Crippen LogP contribution in [-0.4, -0.2) is 15.0 Å². The Morgan fingerprint density at radius 3 is 2.65 bits per heavy atom. The van der Waals surface area contributed by atoms with Crippen LogP contribution in [0.25, 0.3) is 22.4 Å². The number of nitrogens with zero attached hydrogens (tertiary/aromatic N) is 3. The molecule has 0 radical (unpaired) electrons. The van der Waals surface area contributed by atoms with Crippen molar-refractivity contribution in [1.29, 1.82) is 0 Å². The molecule has 2 aromatic carbocycles. The zero-order valence-electron chi connectivity index (χ0n) is 12.2. The van der Waals surface area contributed by atoms with Crippen molar-refractivity contribution < 1.29 is 9.15 Å². The lowest BCUT2D eigenvalue weighted by molar-refractivity contribution is 0.292. The van der Waals surface area contributed by atoms with Gasteiger partial charge in [-0.25, -0.2) is 15.0 Å². The predicted octanol–water partition coefficient (Wildman–Crippen LogP) is 3.86. The third kappa shape index (κ3) is 2.76. The summed E-state index contributed by atoms with van der Waals surface area (Å²) in [6.45, 7) is 0.289. The van der Waals surface area contributed by atoms with Crippen molar-refractivity contribution in [3.8, 4) is 17.3 Å². The van der Waals surface area contributed by atoms with Crippen LogP contribution in [0.1, 0.15) is 5.69 Å². The maximum atomic E-state index is 5.78. The molecular formula is C18H13N3O2. The van der Waals surface area contributed by atoms with Gasteiger partial charge in [-0.2, -0.15) is 0 Å². The zero-order valence-corrected chi connectivity index (χ0v) is 12.2. The molecule has 0 saturated heterocycles. The van der Waals surface area contributed by atoms with E-state index in [1.54, 1.807) is 6.26 Å². The number of hydrogen-bond acceptors (Lipinski definition) is 5. The molecule has 4 aromatic rings. The Bertz CT molecular complexity index is 930. The molecular weight excluding hydrogens is 290 g/mol. The number of hydrogen-bond donors (Lipinski definition) is 0. The first-order chi connectivity index (χ1) is 11.4. The Hall–Kier alpha value is -3.21. The van der Waals surface area contributed by atoms with Gasteiger partial charge >= 0.3 is 0 Å². The third-order valence-electron chi connectivity index (χ3n) is 3.44. The van der Waals surface area contributed by atoms with Gasteiger partial charge in [-0.05, 0) is 24.3 Å². The van der Waals surface area contributed by atoms with E-state index >= 15 is 0 Å². The summed E-state index contributed by atoms with van der Waals surface area (Å²) in [4.78, 5) is 12.9. The summed E-state index contributed by atoms with van der Waals surface area (Å²) in [5.74, 6) is 1.12. The maximum absolute atomic E-state index is 5.78. The molecule has 5 nitrogen and oxygen atoms in total. The van der Waals surface area contributed by atoms with Gasteiger partial charge in [0.2, 0.25) is 11.8 Å². The highest BCUT2D eigenvalue weighted by Gasteiger charge is 2.09. The van der Waals surface area contributed by atoms with Gasteiger partial charge in [0, 0.05) is 5.56 Å². The number of para-hydroxylation sites is 1. The molecule has 0 bridgehead atoms. The van der Waals surface area contributed by atoms with E-state index in [1.807, 2.05) is 54.6 Å². The predicted molar refractivity (Wildman–Crippen MR) is 85.8 cm³/mol. The molecule has 0 saturated carbocycles. The third-order valence-corrected chi connectivity index (χ3v) is 3.44. The highest BCUT2D eigenvalue weighted by Crippen LogP contribution is 2.22. The lowest BCUT2D eigenvalue weighted by Gasteiger charge is -2.05. The number of aromatic nitrogens is 3. The highest BCUT2D eigenvalue weighted by atomic mass is 16.5. The van der Waals surface area contributed by atoms with Crippen molar-refractivity contribution in [1.82, 2.24) is 15.0 Å². The average molecular weight is 303 g/mol. The summed E-state index contributed by atoms with van der Waals surface area (Å²) in [6.07, 6.45) is 3.10. The van der Waals surface area contributed by atoms with Crippen molar-refractivity contribution in [2.24, 2.45) is 0 Å². The van der Waals surface area contributed by atoms with Crippen LogP contribution in [0.15, 0.2) is 71.6 Å². The minimum Gasteiger partial charge on any atom is -0.470 e. The Morgan fingerprint density at radius 1 is 0.913 bits per heavy atom. The zero-order chi connectivity index (χ0) is 15.5. The molecule has 0 fully saturated rings. The van der Waals surface area contributed by atoms with Gasteiger partial charge in [0.05, 0.1) is 10.9 Å². The molecule has 5 heteroatoms. The summed E-state index contributed by atoms with van der Waals surface area (Å²) in [7, 11) is 0. The van der Waals surface area contributed by atoms with Crippen molar-refractivity contribution in [3.63, 3.8) is 0 Å². The standard InChI is InChI=1S/C18H13N3O2/c1-2-6-13(7-3-1)17-21-14(10-22-17)11-23-18-15-8-4-5-9-16(15)19-12-20-18/h1-10,12H,11H2. The van der Waals surface area contributed by atoms with Crippen molar-refractivity contribution in [3.05, 3.63) is 72.9 Å². The van der Waals surface area contributed by atoms with Crippen molar-refractivity contribution >= 4 is 10.9 Å². The molecule has 0 aliphatic rings. The quantitative estimate of drug-likeness (QED) is 0.573. The Kier molecular flexibility index (Phi) is 3.44. The van der Waals surface area contributed by atoms with E-state index in [4.69, 9.17) is 9.15 Å². The normalized spacial score (nSPS) is 10.8. The first-order valence-electron chi connectivity index (χ1n) is 7.22. The number of ether oxygens (including phenoxy) is 1. The monoisotopic (exact) mass is 303 g/mol. The molecule has 2 heterocycles. The molecule has 0 amide bonds. The summed E-state index contributed by atoms with van der Waals surface area (Å²) >= 11 is 0. The topological polar surface area (TPSA) is 61.0 Å². The van der Waals surface area contributed by atoms with Gasteiger partial charge in [0.15, 0.2) is 0 Å². The first kappa shape index (κ1) is 13.5. The van der Waals surface area contributed by atoms with E-state index in [-0.39, 0.29) is 6.61 Å². The summed E-state index contributed by atoms with van der Waals surface area (Å²) in [5.41, 5.74) is 2.50. The summed E-state index contributed by atoms with van der Waals surface area (Å²) in [5, 5.41) is 0.877. The van der Waals surface area contributed by atoms with E-state index in [2.05, 4.69) is 15.0 Å². The number of benzene rings is 2. The number of rotatable bonds is 4. The lowest BCUT2D eigenvalue weighted by Crippen LogP contribution is -1.99. The lowest BCUT2D eigenvalue weighted by atomic mass is 10.2. The molecule has 2 aromatic heterocycles. The summed E-state index contributed by atoms with van der Waals surface area (Å²) < 4.78 is 11.3. The molecule has 0 atom stereocenters. The molecule has 0 N–H and O–H groups in total. The van der Waals surface area contributed by atoms with E-state index in [1.165, 1.54) is 6.33 Å². The van der Waals surface area contributed by atoms with Crippen LogP contribution in [0.4, 0.5) is 0 Å². The van der Waals surface area contributed by atoms with Gasteiger partial charge in [-0.3, -0.25) is 0 Å². The molecule has 0 aliphatic carbocycles. The van der Waals surface area contributed by atoms with Crippen molar-refractivity contribution in [2.45, 2.75) is 6.61 Å². The molecule has 23 heavy (non-hydrogen) atoms. The van der Waals surface area contributed by atoms with Gasteiger partial charge in [0.1, 0.15) is 24.9 Å². The fourth-order valence-electron chi connectivity index (χ4n) is 2.32. The second kappa shape index (κ2) is 5.88. The van der Waals surface area contributed by atoms with Crippen LogP contribution < -0.4 is 4.74 Å². The van der Waals surface area contributed by atoms with E-state index in [0.29, 0.717) is 17.5 Å². The van der Waals surface area contributed by atoms with Gasteiger partial charge < -0.3 is 9.15 Å². The van der Waals surface area contributed by atoms with E-state index < -0.39 is 0 Å². The minimum absolute atomic E-state index is 0.289. The van der Waals surface area contributed by atoms with Crippen LogP contribution in [0.3, 0.4) is 0 Å². The minimum atomic E-state index is 0.289. The Balaban J connectivity index is 1.54. The molecule has 0 aliphatic heterocycles. The summed E-state index contributed by atoms with van der Waals surface area (Å²) in [6, 6.07) is 17.5. The Morgan fingerprint density at radius 2 is 1.74 bits per heavy atom. The fraction of sp³-hybridized carbons (Fsp3) is 0.0556. The largest absolute Gasteiger partial charge is 0.470 e. The fourth-order valence-corrected chi connectivity index (χ4v) is 2.32. The van der Waals surface area contributed by atoms with Crippen LogP contribution >= 0.6 is 0 Å². The first-order valence-corrected chi connectivity index (χ1v) is 7.22. The van der Waals surface area contributed by atoms with Gasteiger partial charge in [0.25, 0.3) is 0 Å². The van der Waals surface area contributed by atoms with E-state index in [9.17, 15) is 0 Å². The number of oxazole rings is 1. The number of fused-ring (bicyclic) bond motifs is 1. The molecule has 4 rings (SSSR count). The average Bonchev–Trinajstić information content (AvgIpc) is 3.10. The molecule has 112 valence electrons. The highest BCUT2D eigenvalue weighted by molar-refractivity contribution is 5.82. The Labute approximate surface area is 132 Å². The van der Waals surface area contributed by atoms with Gasteiger partial charge in [-0.1, -0.05) is 30.3 Å². The maximum Gasteiger partial charge on any atom is 0.226 e. The smallest absolute Gasteiger partial charge is 0.226 e. The van der Waals surface area contributed by atoms with Gasteiger partial charge in [-0.15, -0.1) is 0 Å². The molecule has 0 unspecified atom stereocenters. The van der Waals surface area contributed by atoms with Crippen molar-refractivity contribution in [2.75, 3.05) is 0 Å². The van der Waals surface area contributed by atoms with Crippen LogP contribution in [0, 0.1) is 0 Å². The molecule has 0 spiro atoms. The second-order valence-electron chi connectivity index (χ2n) is 4.99.